The number of fused-ring (bicyclic) bond motifs is 1. The number of carbonyl (C=O) groups is 4. The van der Waals surface area contributed by atoms with Crippen LogP contribution in [0.25, 0.3) is 21.6 Å². The number of hydrogen-bond acceptors (Lipinski definition) is 12. The molecular formula is C37H47N7O9S2. The number of sulfonamides is 1. The molecule has 1 aliphatic heterocycles. The molecule has 16 nitrogen and oxygen atoms in total. The van der Waals surface area contributed by atoms with Crippen molar-refractivity contribution in [1.82, 2.24) is 35.3 Å². The Hall–Kier alpha value is -4.97. The zero-order chi connectivity index (χ0) is 40.1. The second-order valence-corrected chi connectivity index (χ2v) is 18.8. The fraction of sp³-hybridized carbons (Fsp3) is 0.514. The first-order chi connectivity index (χ1) is 25.7. The normalized spacial score (nSPS) is 22.4. The van der Waals surface area contributed by atoms with Crippen LogP contribution in [-0.4, -0.2) is 100.0 Å². The Bertz CT molecular complexity index is 2110. The molecule has 55 heavy (non-hydrogen) atoms. The molecule has 0 radical (unpaired) electrons. The fourth-order valence-corrected chi connectivity index (χ4v) is 8.41. The number of thiophene rings is 1. The van der Waals surface area contributed by atoms with Gasteiger partial charge in [-0.15, -0.1) is 17.9 Å². The number of ether oxygens (including phenoxy) is 3. The van der Waals surface area contributed by atoms with Crippen molar-refractivity contribution in [2.75, 3.05) is 13.7 Å². The number of hydrazine groups is 1. The van der Waals surface area contributed by atoms with Crippen LogP contribution in [-0.2, 0) is 24.3 Å². The van der Waals surface area contributed by atoms with Gasteiger partial charge in [0.1, 0.15) is 34.7 Å². The van der Waals surface area contributed by atoms with E-state index in [4.69, 9.17) is 24.2 Å². The highest BCUT2D eigenvalue weighted by molar-refractivity contribution is 7.91. The lowest BCUT2D eigenvalue weighted by Crippen LogP contribution is -2.63. The lowest BCUT2D eigenvalue weighted by atomic mass is 10.1. The predicted molar refractivity (Wildman–Crippen MR) is 205 cm³/mol. The monoisotopic (exact) mass is 797 g/mol. The summed E-state index contributed by atoms with van der Waals surface area (Å²) in [6.45, 7) is 13.8. The molecule has 3 N–H and O–H groups in total. The summed E-state index contributed by atoms with van der Waals surface area (Å²) in [5.74, 6) is -1.37. The lowest BCUT2D eigenvalue weighted by molar-refractivity contribution is -0.131. The van der Waals surface area contributed by atoms with E-state index in [1.165, 1.54) is 22.3 Å². The van der Waals surface area contributed by atoms with Crippen molar-refractivity contribution >= 4 is 56.3 Å². The van der Waals surface area contributed by atoms with Gasteiger partial charge in [0.2, 0.25) is 21.8 Å². The van der Waals surface area contributed by atoms with E-state index < -0.39 is 74.0 Å². The maximum atomic E-state index is 14.5. The molecule has 4 atom stereocenters. The number of methoxy groups -OCH3 is 1. The predicted octanol–water partition coefficient (Wildman–Crippen LogP) is 4.52. The molecule has 1 saturated heterocycles. The Labute approximate surface area is 324 Å². The van der Waals surface area contributed by atoms with Crippen molar-refractivity contribution in [1.29, 1.82) is 0 Å². The van der Waals surface area contributed by atoms with Gasteiger partial charge in [-0.3, -0.25) is 14.3 Å². The summed E-state index contributed by atoms with van der Waals surface area (Å²) in [4.78, 5) is 67.1. The van der Waals surface area contributed by atoms with Crippen molar-refractivity contribution in [2.45, 2.75) is 101 Å². The first kappa shape index (κ1) is 39.7. The molecular weight excluding hydrogens is 751 g/mol. The van der Waals surface area contributed by atoms with Crippen LogP contribution in [0.2, 0.25) is 0 Å². The van der Waals surface area contributed by atoms with Gasteiger partial charge in [-0.25, -0.2) is 38.4 Å². The van der Waals surface area contributed by atoms with Gasteiger partial charge in [-0.1, -0.05) is 12.1 Å². The van der Waals surface area contributed by atoms with E-state index in [0.717, 1.165) is 9.89 Å². The molecule has 5 amide bonds. The van der Waals surface area contributed by atoms with Crippen molar-refractivity contribution in [3.8, 4) is 22.2 Å². The van der Waals surface area contributed by atoms with Crippen molar-refractivity contribution in [3.05, 3.63) is 48.4 Å². The highest BCUT2D eigenvalue weighted by Crippen LogP contribution is 2.46. The Kier molecular flexibility index (Phi) is 10.5. The van der Waals surface area contributed by atoms with Gasteiger partial charge >= 0.3 is 12.1 Å². The molecule has 0 spiro atoms. The molecule has 0 bridgehead atoms. The maximum absolute atomic E-state index is 14.5. The number of aromatic nitrogens is 2. The average Bonchev–Trinajstić information content (AvgIpc) is 3.97. The number of nitrogens with one attached hydrogen (secondary N) is 3. The molecule has 2 unspecified atom stereocenters. The topological polar surface area (TPSA) is 198 Å². The fourth-order valence-electron chi connectivity index (χ4n) is 6.34. The Morgan fingerprint density at radius 1 is 1.07 bits per heavy atom. The minimum Gasteiger partial charge on any atom is -0.497 e. The van der Waals surface area contributed by atoms with Gasteiger partial charge in [0.05, 0.1) is 40.4 Å². The van der Waals surface area contributed by atoms with Crippen LogP contribution < -0.4 is 24.9 Å². The third-order valence-electron chi connectivity index (χ3n) is 9.40. The number of hydrogen-bond donors (Lipinski definition) is 3. The SMILES string of the molecule is C=C[C@@H]1CC1(NC(=O)[C@@H]1CC(Oc2nc3ccc(OC)cc3nc2-c2cccs2)CN1C(=O)N(NC(=O)OC(C)(C)C)C(C)(C)C)C(=O)NS(=O)(=O)C1CC1. The molecule has 3 aromatic rings. The van der Waals surface area contributed by atoms with Gasteiger partial charge in [-0.2, -0.15) is 0 Å². The second kappa shape index (κ2) is 14.6. The quantitative estimate of drug-likeness (QED) is 0.193. The summed E-state index contributed by atoms with van der Waals surface area (Å²) < 4.78 is 45.0. The summed E-state index contributed by atoms with van der Waals surface area (Å²) in [5.41, 5.74) is 0.612. The van der Waals surface area contributed by atoms with Crippen LogP contribution in [0.4, 0.5) is 9.59 Å². The number of nitrogens with zero attached hydrogens (tertiary/aromatic N) is 4. The van der Waals surface area contributed by atoms with Crippen molar-refractivity contribution in [2.24, 2.45) is 5.92 Å². The summed E-state index contributed by atoms with van der Waals surface area (Å²) >= 11 is 1.43. The van der Waals surface area contributed by atoms with E-state index in [-0.39, 0.29) is 25.3 Å². The van der Waals surface area contributed by atoms with E-state index in [1.54, 1.807) is 66.9 Å². The summed E-state index contributed by atoms with van der Waals surface area (Å²) in [6, 6.07) is 7.01. The van der Waals surface area contributed by atoms with Crippen LogP contribution in [0, 0.1) is 5.92 Å². The van der Waals surface area contributed by atoms with Crippen LogP contribution in [0.15, 0.2) is 48.4 Å². The smallest absolute Gasteiger partial charge is 0.426 e. The summed E-state index contributed by atoms with van der Waals surface area (Å²) in [7, 11) is -2.37. The zero-order valence-corrected chi connectivity index (χ0v) is 33.5. The number of likely N-dealkylation sites (tertiary alicyclic amines) is 1. The average molecular weight is 798 g/mol. The first-order valence-electron chi connectivity index (χ1n) is 17.9. The van der Waals surface area contributed by atoms with Crippen LogP contribution in [0.3, 0.4) is 0 Å². The minimum absolute atomic E-state index is 0.0506. The summed E-state index contributed by atoms with van der Waals surface area (Å²) in [5, 5.41) is 5.09. The Morgan fingerprint density at radius 2 is 1.80 bits per heavy atom. The second-order valence-electron chi connectivity index (χ2n) is 15.9. The summed E-state index contributed by atoms with van der Waals surface area (Å²) in [6.07, 6.45) is 0.737. The number of amides is 5. The van der Waals surface area contributed by atoms with E-state index >= 15 is 0 Å². The van der Waals surface area contributed by atoms with Gasteiger partial charge in [-0.05, 0) is 84.4 Å². The standard InChI is InChI=1S/C37H47N7O9S2/c1-9-21-19-37(21,32(46)42-55(49,50)24-13-14-24)40-30(45)27-18-23(20-43(27)34(48)44(35(2,3)4)41-33(47)53-36(5,6)7)52-31-29(28-11-10-16-54-28)38-26-17-22(51-8)12-15-25(26)39-31/h9-12,15-17,21,23-24,27H,1,13-14,18-20H2,2-8H3,(H,40,45)(H,41,47)(H,42,46)/t21-,23?,27+,37?/m1/s1. The van der Waals surface area contributed by atoms with Crippen LogP contribution in [0.5, 0.6) is 11.6 Å². The molecule has 2 aromatic heterocycles. The van der Waals surface area contributed by atoms with Gasteiger partial charge < -0.3 is 24.4 Å². The van der Waals surface area contributed by atoms with Crippen LogP contribution in [0.1, 0.15) is 67.2 Å². The number of carbonyl (C=O) groups excluding carboxylic acids is 4. The minimum atomic E-state index is -3.93. The molecule has 6 rings (SSSR count). The Morgan fingerprint density at radius 3 is 2.38 bits per heavy atom. The molecule has 296 valence electrons. The molecule has 2 saturated carbocycles. The van der Waals surface area contributed by atoms with E-state index in [9.17, 15) is 27.6 Å². The van der Waals surface area contributed by atoms with Gasteiger partial charge in [0.25, 0.3) is 5.91 Å². The van der Waals surface area contributed by atoms with Crippen LogP contribution >= 0.6 is 11.3 Å². The first-order valence-corrected chi connectivity index (χ1v) is 20.3. The Balaban J connectivity index is 1.33. The molecule has 2 aliphatic carbocycles. The number of urea groups is 1. The zero-order valence-electron chi connectivity index (χ0n) is 31.9. The number of rotatable bonds is 10. The largest absolute Gasteiger partial charge is 0.497 e. The molecule has 3 fully saturated rings. The third-order valence-corrected chi connectivity index (χ3v) is 12.1. The van der Waals surface area contributed by atoms with E-state index in [0.29, 0.717) is 35.3 Å². The highest BCUT2D eigenvalue weighted by Gasteiger charge is 2.62. The molecule has 1 aromatic carbocycles. The maximum Gasteiger partial charge on any atom is 0.426 e. The van der Waals surface area contributed by atoms with E-state index in [1.807, 2.05) is 17.5 Å². The highest BCUT2D eigenvalue weighted by atomic mass is 32.2. The van der Waals surface area contributed by atoms with E-state index in [2.05, 4.69) is 22.0 Å². The van der Waals surface area contributed by atoms with Gasteiger partial charge in [0, 0.05) is 18.4 Å². The molecule has 3 aliphatic rings. The molecule has 3 heterocycles. The van der Waals surface area contributed by atoms with Crippen molar-refractivity contribution < 1.29 is 41.8 Å². The third kappa shape index (κ3) is 8.64. The van der Waals surface area contributed by atoms with Crippen molar-refractivity contribution in [3.63, 3.8) is 0 Å². The lowest BCUT2D eigenvalue weighted by Gasteiger charge is -2.39. The molecule has 18 heteroatoms. The number of benzene rings is 1. The van der Waals surface area contributed by atoms with Gasteiger partial charge in [0.15, 0.2) is 0 Å².